The summed E-state index contributed by atoms with van der Waals surface area (Å²) in [7, 11) is -3.78. The van der Waals surface area contributed by atoms with E-state index in [1.54, 1.807) is 18.2 Å². The maximum Gasteiger partial charge on any atom is 0.244 e. The second kappa shape index (κ2) is 13.4. The van der Waals surface area contributed by atoms with E-state index in [-0.39, 0.29) is 18.4 Å². The van der Waals surface area contributed by atoms with E-state index in [1.807, 2.05) is 88.4 Å². The molecule has 2 amide bonds. The van der Waals surface area contributed by atoms with Crippen LogP contribution in [0.25, 0.3) is 0 Å². The van der Waals surface area contributed by atoms with Crippen LogP contribution in [0.1, 0.15) is 36.1 Å². The van der Waals surface area contributed by atoms with Gasteiger partial charge in [0.2, 0.25) is 21.8 Å². The third-order valence-corrected chi connectivity index (χ3v) is 7.54. The van der Waals surface area contributed by atoms with Crippen molar-refractivity contribution in [2.75, 3.05) is 23.7 Å². The molecule has 0 aliphatic rings. The zero-order valence-electron chi connectivity index (χ0n) is 23.4. The smallest absolute Gasteiger partial charge is 0.244 e. The Labute approximate surface area is 232 Å². The van der Waals surface area contributed by atoms with Crippen LogP contribution < -0.4 is 9.62 Å². The Morgan fingerprint density at radius 2 is 1.51 bits per heavy atom. The van der Waals surface area contributed by atoms with Gasteiger partial charge in [-0.3, -0.25) is 13.9 Å². The van der Waals surface area contributed by atoms with Gasteiger partial charge in [-0.05, 0) is 48.6 Å². The van der Waals surface area contributed by atoms with E-state index in [0.717, 1.165) is 32.8 Å². The third kappa shape index (κ3) is 8.96. The molecule has 0 aliphatic heterocycles. The maximum atomic E-state index is 14.0. The van der Waals surface area contributed by atoms with Crippen LogP contribution in [0.15, 0.2) is 78.9 Å². The monoisotopic (exact) mass is 549 g/mol. The number of amides is 2. The summed E-state index contributed by atoms with van der Waals surface area (Å²) in [6, 6.07) is 23.5. The fraction of sp³-hybridized carbons (Fsp3) is 0.355. The molecule has 0 saturated carbocycles. The van der Waals surface area contributed by atoms with Gasteiger partial charge in [-0.15, -0.1) is 0 Å². The summed E-state index contributed by atoms with van der Waals surface area (Å²) in [5.41, 5.74) is 4.12. The number of aryl methyl sites for hydroxylation is 2. The first kappa shape index (κ1) is 29.9. The van der Waals surface area contributed by atoms with Gasteiger partial charge in [-0.2, -0.15) is 0 Å². The molecule has 8 heteroatoms. The van der Waals surface area contributed by atoms with Crippen LogP contribution in [0.5, 0.6) is 0 Å². The molecule has 1 N–H and O–H groups in total. The van der Waals surface area contributed by atoms with Crippen LogP contribution in [0.3, 0.4) is 0 Å². The zero-order chi connectivity index (χ0) is 28.6. The minimum atomic E-state index is -3.78. The van der Waals surface area contributed by atoms with Crippen molar-refractivity contribution in [2.24, 2.45) is 5.92 Å². The average Bonchev–Trinajstić information content (AvgIpc) is 2.88. The Bertz CT molecular complexity index is 1360. The lowest BCUT2D eigenvalue weighted by molar-refractivity contribution is -0.140. The fourth-order valence-electron chi connectivity index (χ4n) is 4.26. The third-order valence-electron chi connectivity index (χ3n) is 6.40. The van der Waals surface area contributed by atoms with Gasteiger partial charge < -0.3 is 10.2 Å². The molecule has 0 fully saturated rings. The Kier molecular flexibility index (Phi) is 10.3. The SMILES string of the molecule is Cc1ccc(CN(C(=O)CN(c2cccc(C)c2)S(C)(=O)=O)[C@H](Cc2ccccc2)C(=O)NCC(C)C)cc1. The van der Waals surface area contributed by atoms with Crippen molar-refractivity contribution in [3.8, 4) is 0 Å². The zero-order valence-corrected chi connectivity index (χ0v) is 24.2. The first-order valence-electron chi connectivity index (χ1n) is 13.1. The van der Waals surface area contributed by atoms with E-state index in [1.165, 1.54) is 4.90 Å². The summed E-state index contributed by atoms with van der Waals surface area (Å²) in [6.45, 7) is 8.07. The molecule has 0 bridgehead atoms. The summed E-state index contributed by atoms with van der Waals surface area (Å²) >= 11 is 0. The maximum absolute atomic E-state index is 14.0. The number of hydrogen-bond acceptors (Lipinski definition) is 4. The van der Waals surface area contributed by atoms with Crippen molar-refractivity contribution >= 4 is 27.5 Å². The molecule has 208 valence electrons. The van der Waals surface area contributed by atoms with Gasteiger partial charge in [0.1, 0.15) is 12.6 Å². The molecule has 0 heterocycles. The van der Waals surface area contributed by atoms with E-state index in [9.17, 15) is 18.0 Å². The molecule has 0 spiro atoms. The molecule has 7 nitrogen and oxygen atoms in total. The Morgan fingerprint density at radius 1 is 0.846 bits per heavy atom. The van der Waals surface area contributed by atoms with Crippen LogP contribution in [0.4, 0.5) is 5.69 Å². The molecule has 39 heavy (non-hydrogen) atoms. The number of anilines is 1. The minimum Gasteiger partial charge on any atom is -0.354 e. The number of sulfonamides is 1. The molecule has 0 radical (unpaired) electrons. The average molecular weight is 550 g/mol. The van der Waals surface area contributed by atoms with E-state index in [4.69, 9.17) is 0 Å². The minimum absolute atomic E-state index is 0.164. The van der Waals surface area contributed by atoms with E-state index in [0.29, 0.717) is 18.7 Å². The largest absolute Gasteiger partial charge is 0.354 e. The molecule has 1 atom stereocenters. The van der Waals surface area contributed by atoms with Crippen LogP contribution in [0.2, 0.25) is 0 Å². The molecule has 0 aliphatic carbocycles. The summed E-state index contributed by atoms with van der Waals surface area (Å²) in [6.07, 6.45) is 1.38. The van der Waals surface area contributed by atoms with Crippen molar-refractivity contribution in [3.05, 3.63) is 101 Å². The Balaban J connectivity index is 2.04. The van der Waals surface area contributed by atoms with E-state index >= 15 is 0 Å². The van der Waals surface area contributed by atoms with E-state index < -0.39 is 28.5 Å². The van der Waals surface area contributed by atoms with Crippen molar-refractivity contribution in [1.82, 2.24) is 10.2 Å². The van der Waals surface area contributed by atoms with Crippen molar-refractivity contribution in [2.45, 2.75) is 46.7 Å². The number of carbonyl (C=O) groups is 2. The summed E-state index contributed by atoms with van der Waals surface area (Å²) < 4.78 is 26.8. The standard InChI is InChI=1S/C31H39N3O4S/c1-23(2)20-32-31(36)29(19-26-11-7-6-8-12-26)33(21-27-16-14-24(3)15-17-27)30(35)22-34(39(5,37)38)28-13-9-10-25(4)18-28/h6-18,23,29H,19-22H2,1-5H3,(H,32,36)/t29-/m1/s1. The topological polar surface area (TPSA) is 86.8 Å². The Hall–Kier alpha value is -3.65. The number of hydrogen-bond donors (Lipinski definition) is 1. The quantitative estimate of drug-likeness (QED) is 0.361. The molecular formula is C31H39N3O4S. The first-order chi connectivity index (χ1) is 18.4. The first-order valence-corrected chi connectivity index (χ1v) is 15.0. The highest BCUT2D eigenvalue weighted by molar-refractivity contribution is 7.92. The molecule has 0 aromatic heterocycles. The van der Waals surface area contributed by atoms with Gasteiger partial charge in [-0.1, -0.05) is 86.1 Å². The predicted octanol–water partition coefficient (Wildman–Crippen LogP) is 4.48. The highest BCUT2D eigenvalue weighted by atomic mass is 32.2. The number of rotatable bonds is 12. The van der Waals surface area contributed by atoms with E-state index in [2.05, 4.69) is 5.32 Å². The van der Waals surface area contributed by atoms with Gasteiger partial charge in [0.15, 0.2) is 0 Å². The van der Waals surface area contributed by atoms with Crippen molar-refractivity contribution in [3.63, 3.8) is 0 Å². The molecule has 0 saturated heterocycles. The van der Waals surface area contributed by atoms with Gasteiger partial charge in [0.05, 0.1) is 11.9 Å². The molecule has 3 aromatic carbocycles. The number of nitrogens with zero attached hydrogens (tertiary/aromatic N) is 2. The molecule has 0 unspecified atom stereocenters. The molecule has 3 aromatic rings. The predicted molar refractivity (Wildman–Crippen MR) is 157 cm³/mol. The van der Waals surface area contributed by atoms with Crippen LogP contribution in [0, 0.1) is 19.8 Å². The molecule has 3 rings (SSSR count). The van der Waals surface area contributed by atoms with Gasteiger partial charge in [0, 0.05) is 19.5 Å². The summed E-state index contributed by atoms with van der Waals surface area (Å²) in [4.78, 5) is 29.2. The number of nitrogens with one attached hydrogen (secondary N) is 1. The molecular weight excluding hydrogens is 510 g/mol. The number of carbonyl (C=O) groups excluding carboxylic acids is 2. The summed E-state index contributed by atoms with van der Waals surface area (Å²) in [5, 5.41) is 2.99. The van der Waals surface area contributed by atoms with Crippen LogP contribution in [-0.2, 0) is 32.6 Å². The lowest BCUT2D eigenvalue weighted by Gasteiger charge is -2.33. The second-order valence-electron chi connectivity index (χ2n) is 10.5. The van der Waals surface area contributed by atoms with Gasteiger partial charge >= 0.3 is 0 Å². The van der Waals surface area contributed by atoms with Crippen molar-refractivity contribution < 1.29 is 18.0 Å². The lowest BCUT2D eigenvalue weighted by atomic mass is 10.0. The highest BCUT2D eigenvalue weighted by Crippen LogP contribution is 2.21. The van der Waals surface area contributed by atoms with Gasteiger partial charge in [-0.25, -0.2) is 8.42 Å². The summed E-state index contributed by atoms with van der Waals surface area (Å²) in [5.74, 6) is -0.493. The normalized spacial score (nSPS) is 12.2. The fourth-order valence-corrected chi connectivity index (χ4v) is 5.10. The van der Waals surface area contributed by atoms with Crippen LogP contribution in [-0.4, -0.2) is 50.5 Å². The number of benzene rings is 3. The lowest BCUT2D eigenvalue weighted by Crippen LogP contribution is -2.53. The highest BCUT2D eigenvalue weighted by Gasteiger charge is 2.33. The second-order valence-corrected chi connectivity index (χ2v) is 12.4. The Morgan fingerprint density at radius 3 is 2.10 bits per heavy atom. The van der Waals surface area contributed by atoms with Crippen molar-refractivity contribution in [1.29, 1.82) is 0 Å². The van der Waals surface area contributed by atoms with Gasteiger partial charge in [0.25, 0.3) is 0 Å². The van der Waals surface area contributed by atoms with Crippen LogP contribution >= 0.6 is 0 Å².